The molecule has 0 radical (unpaired) electrons. The van der Waals surface area contributed by atoms with Gasteiger partial charge in [-0.05, 0) is 32.0 Å². The van der Waals surface area contributed by atoms with Crippen LogP contribution in [0.15, 0.2) is 53.3 Å². The first-order valence-electron chi connectivity index (χ1n) is 7.62. The van der Waals surface area contributed by atoms with E-state index in [1.807, 2.05) is 49.4 Å². The predicted molar refractivity (Wildman–Crippen MR) is 91.7 cm³/mol. The molecule has 4 nitrogen and oxygen atoms in total. The monoisotopic (exact) mass is 328 g/mol. The van der Waals surface area contributed by atoms with Crippen LogP contribution >= 0.6 is 11.6 Å². The molecule has 0 saturated heterocycles. The van der Waals surface area contributed by atoms with E-state index in [2.05, 4.69) is 17.2 Å². The molecule has 2 heterocycles. The molecule has 0 saturated carbocycles. The Hall–Kier alpha value is -2.17. The van der Waals surface area contributed by atoms with E-state index in [1.165, 1.54) is 0 Å². The highest BCUT2D eigenvalue weighted by Crippen LogP contribution is 2.19. The molecule has 0 spiro atoms. The summed E-state index contributed by atoms with van der Waals surface area (Å²) in [5, 5.41) is 2.90. The Morgan fingerprint density at radius 1 is 1.22 bits per heavy atom. The largest absolute Gasteiger partial charge is 0.335 e. The Kier molecular flexibility index (Phi) is 4.46. The van der Waals surface area contributed by atoms with Gasteiger partial charge in [-0.2, -0.15) is 0 Å². The van der Waals surface area contributed by atoms with Crippen molar-refractivity contribution in [3.05, 3.63) is 80.9 Å². The average molecular weight is 329 g/mol. The molecule has 2 aromatic heterocycles. The normalized spacial score (nSPS) is 12.5. The van der Waals surface area contributed by atoms with E-state index < -0.39 is 0 Å². The Labute approximate surface area is 139 Å². The Bertz CT molecular complexity index is 904. The summed E-state index contributed by atoms with van der Waals surface area (Å²) >= 11 is 6.23. The maximum Gasteiger partial charge on any atom is 0.258 e. The summed E-state index contributed by atoms with van der Waals surface area (Å²) in [7, 11) is 0. The molecule has 0 aliphatic heterocycles. The number of aromatic nitrogens is 2. The molecule has 1 atom stereocenters. The third-order valence-corrected chi connectivity index (χ3v) is 4.35. The van der Waals surface area contributed by atoms with Crippen LogP contribution in [0.2, 0.25) is 5.02 Å². The molecule has 23 heavy (non-hydrogen) atoms. The molecule has 5 heteroatoms. The molecule has 0 unspecified atom stereocenters. The highest BCUT2D eigenvalue weighted by atomic mass is 35.5. The molecule has 0 fully saturated rings. The molecule has 0 amide bonds. The molecular weight excluding hydrogens is 310 g/mol. The van der Waals surface area contributed by atoms with Crippen LogP contribution in [0.1, 0.15) is 29.9 Å². The zero-order chi connectivity index (χ0) is 16.4. The van der Waals surface area contributed by atoms with Crippen molar-refractivity contribution in [2.75, 3.05) is 0 Å². The number of pyridine rings is 1. The lowest BCUT2D eigenvalue weighted by molar-refractivity contribution is -0.708. The summed E-state index contributed by atoms with van der Waals surface area (Å²) in [6, 6.07) is 15.3. The predicted octanol–water partition coefficient (Wildman–Crippen LogP) is 2.48. The van der Waals surface area contributed by atoms with Gasteiger partial charge in [0.15, 0.2) is 0 Å². The molecule has 3 aromatic rings. The number of halogens is 1. The number of hydrogen-bond acceptors (Lipinski definition) is 2. The lowest BCUT2D eigenvalue weighted by Gasteiger charge is -2.12. The molecule has 0 aliphatic carbocycles. The molecule has 0 aliphatic rings. The van der Waals surface area contributed by atoms with Crippen LogP contribution in [0.3, 0.4) is 0 Å². The second kappa shape index (κ2) is 6.52. The van der Waals surface area contributed by atoms with Gasteiger partial charge >= 0.3 is 0 Å². The van der Waals surface area contributed by atoms with E-state index in [4.69, 9.17) is 11.6 Å². The van der Waals surface area contributed by atoms with E-state index in [0.29, 0.717) is 12.2 Å². The first-order valence-corrected chi connectivity index (χ1v) is 8.00. The van der Waals surface area contributed by atoms with Gasteiger partial charge in [0.05, 0.1) is 0 Å². The number of rotatable bonds is 4. The summed E-state index contributed by atoms with van der Waals surface area (Å²) in [6.45, 7) is 4.63. The Morgan fingerprint density at radius 3 is 2.78 bits per heavy atom. The van der Waals surface area contributed by atoms with E-state index >= 15 is 0 Å². The molecule has 2 N–H and O–H groups in total. The van der Waals surface area contributed by atoms with Crippen LogP contribution in [0, 0.1) is 6.92 Å². The lowest BCUT2D eigenvalue weighted by atomic mass is 10.1. The standard InChI is InChI=1S/C18H18ClN3O/c1-12-6-5-9-17-21-14(10-18(23)22(12)17)11-20-13(2)15-7-3-4-8-16(15)19/h3-10,13,20H,11H2,1-2H3/p+1/t13-/m0/s1. The van der Waals surface area contributed by atoms with Crippen molar-refractivity contribution in [3.63, 3.8) is 0 Å². The summed E-state index contributed by atoms with van der Waals surface area (Å²) in [5.74, 6) is 0. The van der Waals surface area contributed by atoms with Crippen LogP contribution in [-0.2, 0) is 6.54 Å². The topological polar surface area (TPSA) is 51.0 Å². The maximum atomic E-state index is 12.3. The van der Waals surface area contributed by atoms with Crippen molar-refractivity contribution >= 4 is 17.2 Å². The first-order chi connectivity index (χ1) is 11.1. The number of nitrogens with zero attached hydrogens (tertiary/aromatic N) is 2. The van der Waals surface area contributed by atoms with Gasteiger partial charge in [0.25, 0.3) is 5.56 Å². The highest BCUT2D eigenvalue weighted by Gasteiger charge is 2.13. The lowest BCUT2D eigenvalue weighted by Crippen LogP contribution is -2.83. The van der Waals surface area contributed by atoms with Crippen LogP contribution in [-0.4, -0.2) is 9.38 Å². The fourth-order valence-corrected chi connectivity index (χ4v) is 3.04. The number of aryl methyl sites for hydroxylation is 1. The number of fused-ring (bicyclic) bond motifs is 1. The molecule has 0 bridgehead atoms. The first kappa shape index (κ1) is 15.7. The smallest absolute Gasteiger partial charge is 0.258 e. The van der Waals surface area contributed by atoms with Crippen molar-refractivity contribution in [3.8, 4) is 0 Å². The maximum absolute atomic E-state index is 12.3. The van der Waals surface area contributed by atoms with Gasteiger partial charge in [-0.1, -0.05) is 35.9 Å². The summed E-state index contributed by atoms with van der Waals surface area (Å²) in [4.78, 5) is 16.9. The van der Waals surface area contributed by atoms with Crippen LogP contribution < -0.4 is 10.9 Å². The highest BCUT2D eigenvalue weighted by molar-refractivity contribution is 6.31. The average Bonchev–Trinajstić information content (AvgIpc) is 2.53. The van der Waals surface area contributed by atoms with Gasteiger partial charge in [-0.15, -0.1) is 0 Å². The van der Waals surface area contributed by atoms with Gasteiger partial charge in [-0.3, -0.25) is 9.20 Å². The van der Waals surface area contributed by atoms with Gasteiger partial charge < -0.3 is 5.32 Å². The van der Waals surface area contributed by atoms with Crippen molar-refractivity contribution < 1.29 is 5.32 Å². The fraction of sp³-hybridized carbons (Fsp3) is 0.222. The zero-order valence-electron chi connectivity index (χ0n) is 13.2. The second-order valence-electron chi connectivity index (χ2n) is 5.70. The fourth-order valence-electron chi connectivity index (χ4n) is 2.74. The minimum absolute atomic E-state index is 0.0399. The van der Waals surface area contributed by atoms with E-state index in [0.717, 1.165) is 22.0 Å². The van der Waals surface area contributed by atoms with Crippen LogP contribution in [0.4, 0.5) is 0 Å². The summed E-state index contributed by atoms with van der Waals surface area (Å²) < 4.78 is 1.63. The van der Waals surface area contributed by atoms with E-state index in [9.17, 15) is 4.79 Å². The molecule has 3 rings (SSSR count). The van der Waals surface area contributed by atoms with Crippen molar-refractivity contribution in [2.45, 2.75) is 26.4 Å². The molecule has 1 aromatic carbocycles. The summed E-state index contributed by atoms with van der Waals surface area (Å²) in [6.07, 6.45) is 0. The molecule has 118 valence electrons. The van der Waals surface area contributed by atoms with Crippen molar-refractivity contribution in [1.29, 1.82) is 0 Å². The van der Waals surface area contributed by atoms with Gasteiger partial charge in [0, 0.05) is 22.3 Å². The molecular formula is C18H19ClN3O+. The van der Waals surface area contributed by atoms with Gasteiger partial charge in [0.1, 0.15) is 23.9 Å². The van der Waals surface area contributed by atoms with Gasteiger partial charge in [0.2, 0.25) is 0 Å². The Morgan fingerprint density at radius 2 is 2.00 bits per heavy atom. The van der Waals surface area contributed by atoms with E-state index in [-0.39, 0.29) is 11.6 Å². The third kappa shape index (κ3) is 3.28. The van der Waals surface area contributed by atoms with Gasteiger partial charge in [-0.25, -0.2) is 4.98 Å². The summed E-state index contributed by atoms with van der Waals surface area (Å²) in [5.41, 5.74) is 3.40. The SMILES string of the molecule is Cc1cccc2nc(C[NH2+][C@@H](C)c3ccccc3Cl)cc(=O)n12. The number of hydrogen-bond donors (Lipinski definition) is 1. The minimum atomic E-state index is -0.0399. The number of quaternary nitrogens is 1. The Balaban J connectivity index is 1.83. The van der Waals surface area contributed by atoms with Crippen molar-refractivity contribution in [1.82, 2.24) is 9.38 Å². The van der Waals surface area contributed by atoms with Crippen LogP contribution in [0.25, 0.3) is 5.65 Å². The number of nitrogens with two attached hydrogens (primary N) is 1. The van der Waals surface area contributed by atoms with E-state index in [1.54, 1.807) is 10.5 Å². The minimum Gasteiger partial charge on any atom is -0.335 e. The van der Waals surface area contributed by atoms with Crippen LogP contribution in [0.5, 0.6) is 0 Å². The third-order valence-electron chi connectivity index (χ3n) is 4.01. The second-order valence-corrected chi connectivity index (χ2v) is 6.10. The van der Waals surface area contributed by atoms with Crippen molar-refractivity contribution in [2.24, 2.45) is 0 Å². The zero-order valence-corrected chi connectivity index (χ0v) is 13.9. The quantitative estimate of drug-likeness (QED) is 0.800. The number of benzene rings is 1.